The fraction of sp³-hybridized carbons (Fsp3) is 0.385. The van der Waals surface area contributed by atoms with Crippen LogP contribution < -0.4 is 20.7 Å². The number of rotatable bonds is 6. The fourth-order valence-electron chi connectivity index (χ4n) is 4.85. The van der Waals surface area contributed by atoms with Crippen molar-refractivity contribution in [2.75, 3.05) is 0 Å². The van der Waals surface area contributed by atoms with Crippen molar-refractivity contribution in [2.45, 2.75) is 63.7 Å². The Morgan fingerprint density at radius 1 is 0.875 bits per heavy atom. The number of fused-ring (bicyclic) bond motifs is 1. The molecule has 2 aromatic carbocycles. The molecule has 2 aliphatic carbocycles. The van der Waals surface area contributed by atoms with Crippen LogP contribution in [0.3, 0.4) is 0 Å². The van der Waals surface area contributed by atoms with Crippen molar-refractivity contribution in [2.24, 2.45) is 0 Å². The van der Waals surface area contributed by atoms with Crippen LogP contribution in [-0.4, -0.2) is 9.55 Å². The average molecular weight is 433 g/mol. The summed E-state index contributed by atoms with van der Waals surface area (Å²) in [5.74, 6) is 1.45. The number of nitrogens with zero attached hydrogens (tertiary/aromatic N) is 1. The zero-order chi connectivity index (χ0) is 21.9. The third kappa shape index (κ3) is 4.22. The minimum Gasteiger partial charge on any atom is -0.489 e. The van der Waals surface area contributed by atoms with Gasteiger partial charge in [0.15, 0.2) is 0 Å². The van der Waals surface area contributed by atoms with Gasteiger partial charge in [-0.1, -0.05) is 49.6 Å². The lowest BCUT2D eigenvalue weighted by molar-refractivity contribution is 0.202. The summed E-state index contributed by atoms with van der Waals surface area (Å²) < 4.78 is 13.4. The zero-order valence-corrected chi connectivity index (χ0v) is 18.1. The molecule has 6 heteroatoms. The molecule has 1 N–H and O–H groups in total. The Bertz CT molecular complexity index is 1180. The topological polar surface area (TPSA) is 73.3 Å². The van der Waals surface area contributed by atoms with E-state index in [0.29, 0.717) is 36.5 Å². The minimum absolute atomic E-state index is 0.0219. The van der Waals surface area contributed by atoms with Crippen LogP contribution in [-0.2, 0) is 13.0 Å². The molecule has 2 aliphatic rings. The highest BCUT2D eigenvalue weighted by Crippen LogP contribution is 2.33. The molecule has 0 spiro atoms. The van der Waals surface area contributed by atoms with E-state index in [-0.39, 0.29) is 23.4 Å². The summed E-state index contributed by atoms with van der Waals surface area (Å²) in [5.41, 5.74) is 2.00. The smallest absolute Gasteiger partial charge is 0.328 e. The second kappa shape index (κ2) is 9.07. The number of benzene rings is 2. The van der Waals surface area contributed by atoms with Crippen LogP contribution in [0, 0.1) is 0 Å². The van der Waals surface area contributed by atoms with Gasteiger partial charge in [-0.3, -0.25) is 9.36 Å². The van der Waals surface area contributed by atoms with Crippen molar-refractivity contribution in [3.8, 4) is 11.5 Å². The van der Waals surface area contributed by atoms with Gasteiger partial charge in [0.05, 0.1) is 5.69 Å². The van der Waals surface area contributed by atoms with Crippen LogP contribution in [0.5, 0.6) is 11.5 Å². The highest BCUT2D eigenvalue weighted by atomic mass is 16.5. The van der Waals surface area contributed by atoms with E-state index in [1.807, 2.05) is 54.6 Å². The van der Waals surface area contributed by atoms with Crippen molar-refractivity contribution in [1.29, 1.82) is 0 Å². The number of aromatic amines is 1. The van der Waals surface area contributed by atoms with Crippen molar-refractivity contribution in [1.82, 2.24) is 9.55 Å². The highest BCUT2D eigenvalue weighted by Gasteiger charge is 2.31. The largest absolute Gasteiger partial charge is 0.489 e. The molecular formula is C26H28N2O4. The van der Waals surface area contributed by atoms with E-state index >= 15 is 0 Å². The summed E-state index contributed by atoms with van der Waals surface area (Å²) in [5, 5.41) is 0. The minimum atomic E-state index is -0.317. The summed E-state index contributed by atoms with van der Waals surface area (Å²) in [6.07, 6.45) is 6.13. The summed E-state index contributed by atoms with van der Waals surface area (Å²) >= 11 is 0. The molecule has 0 aliphatic heterocycles. The Morgan fingerprint density at radius 3 is 2.34 bits per heavy atom. The number of ether oxygens (including phenoxy) is 2. The Kier molecular flexibility index (Phi) is 5.84. The Balaban J connectivity index is 1.28. The number of H-pyrrole nitrogens is 1. The van der Waals surface area contributed by atoms with Gasteiger partial charge in [0.1, 0.15) is 24.2 Å². The first-order valence-corrected chi connectivity index (χ1v) is 11.5. The van der Waals surface area contributed by atoms with E-state index in [2.05, 4.69) is 4.98 Å². The van der Waals surface area contributed by atoms with Crippen LogP contribution in [0.25, 0.3) is 0 Å². The quantitative estimate of drug-likeness (QED) is 0.613. The summed E-state index contributed by atoms with van der Waals surface area (Å²) in [4.78, 5) is 28.8. The summed E-state index contributed by atoms with van der Waals surface area (Å²) in [6, 6.07) is 17.5. The molecule has 166 valence electrons. The van der Waals surface area contributed by atoms with E-state index < -0.39 is 0 Å². The molecule has 0 radical (unpaired) electrons. The van der Waals surface area contributed by atoms with Crippen LogP contribution in [0.15, 0.2) is 64.2 Å². The molecule has 1 heterocycles. The van der Waals surface area contributed by atoms with Crippen molar-refractivity contribution >= 4 is 0 Å². The lowest BCUT2D eigenvalue weighted by atomic mass is 9.95. The summed E-state index contributed by atoms with van der Waals surface area (Å²) in [7, 11) is 0. The third-order valence-corrected chi connectivity index (χ3v) is 6.53. The molecule has 1 atom stereocenters. The van der Waals surface area contributed by atoms with Crippen LogP contribution >= 0.6 is 0 Å². The maximum absolute atomic E-state index is 13.1. The first kappa shape index (κ1) is 20.6. The lowest BCUT2D eigenvalue weighted by Crippen LogP contribution is -2.41. The van der Waals surface area contributed by atoms with Gasteiger partial charge in [0.2, 0.25) is 0 Å². The van der Waals surface area contributed by atoms with E-state index in [9.17, 15) is 9.59 Å². The van der Waals surface area contributed by atoms with Gasteiger partial charge in [-0.05, 0) is 55.5 Å². The molecule has 6 nitrogen and oxygen atoms in total. The standard InChI is InChI=1S/C26H28N2O4/c29-25-22-15-16-23(24(22)27-26(30)28(25)19-9-5-2-6-10-19)32-21-13-11-20(12-14-21)31-17-18-7-3-1-4-8-18/h1,3-4,7-8,11-14,19,23H,2,5-6,9-10,15-17H2,(H,27,30). The van der Waals surface area contributed by atoms with Crippen LogP contribution in [0.2, 0.25) is 0 Å². The molecule has 1 saturated carbocycles. The zero-order valence-electron chi connectivity index (χ0n) is 18.1. The molecule has 32 heavy (non-hydrogen) atoms. The molecule has 1 fully saturated rings. The predicted octanol–water partition coefficient (Wildman–Crippen LogP) is 4.69. The second-order valence-electron chi connectivity index (χ2n) is 8.68. The number of aromatic nitrogens is 2. The first-order valence-electron chi connectivity index (χ1n) is 11.5. The maximum Gasteiger partial charge on any atom is 0.328 e. The molecule has 5 rings (SSSR count). The van der Waals surface area contributed by atoms with Crippen molar-refractivity contribution in [3.05, 3.63) is 92.3 Å². The van der Waals surface area contributed by atoms with Gasteiger partial charge in [-0.2, -0.15) is 0 Å². The average Bonchev–Trinajstić information content (AvgIpc) is 3.22. The van der Waals surface area contributed by atoms with Crippen molar-refractivity contribution in [3.63, 3.8) is 0 Å². The molecule has 0 saturated heterocycles. The Labute approximate surface area is 186 Å². The first-order chi connectivity index (χ1) is 15.7. The van der Waals surface area contributed by atoms with Gasteiger partial charge in [-0.25, -0.2) is 4.79 Å². The second-order valence-corrected chi connectivity index (χ2v) is 8.68. The van der Waals surface area contributed by atoms with Gasteiger partial charge in [0.25, 0.3) is 5.56 Å². The number of hydrogen-bond acceptors (Lipinski definition) is 4. The molecule has 0 bridgehead atoms. The third-order valence-electron chi connectivity index (χ3n) is 6.53. The Hall–Kier alpha value is -3.28. The predicted molar refractivity (Wildman–Crippen MR) is 122 cm³/mol. The lowest BCUT2D eigenvalue weighted by Gasteiger charge is -2.23. The van der Waals surface area contributed by atoms with Crippen LogP contribution in [0.4, 0.5) is 0 Å². The fourth-order valence-corrected chi connectivity index (χ4v) is 4.85. The molecular weight excluding hydrogens is 404 g/mol. The number of nitrogens with one attached hydrogen (secondary N) is 1. The highest BCUT2D eigenvalue weighted by molar-refractivity contribution is 5.33. The van der Waals surface area contributed by atoms with E-state index in [0.717, 1.165) is 37.0 Å². The van der Waals surface area contributed by atoms with Crippen LogP contribution in [0.1, 0.15) is 67.5 Å². The van der Waals surface area contributed by atoms with Gasteiger partial charge >= 0.3 is 5.69 Å². The number of hydrogen-bond donors (Lipinski definition) is 1. The van der Waals surface area contributed by atoms with Gasteiger partial charge in [-0.15, -0.1) is 0 Å². The monoisotopic (exact) mass is 432 g/mol. The van der Waals surface area contributed by atoms with E-state index in [1.54, 1.807) is 0 Å². The SMILES string of the molecule is O=c1[nH]c2c(c(=O)n1C1CCCCC1)CCC2Oc1ccc(OCc2ccccc2)cc1. The van der Waals surface area contributed by atoms with E-state index in [1.165, 1.54) is 11.0 Å². The molecule has 1 aromatic heterocycles. The summed E-state index contributed by atoms with van der Waals surface area (Å²) in [6.45, 7) is 0.506. The molecule has 1 unspecified atom stereocenters. The maximum atomic E-state index is 13.1. The normalized spacial score (nSPS) is 18.3. The van der Waals surface area contributed by atoms with Gasteiger partial charge < -0.3 is 14.5 Å². The van der Waals surface area contributed by atoms with Gasteiger partial charge in [0, 0.05) is 11.6 Å². The van der Waals surface area contributed by atoms with Crippen molar-refractivity contribution < 1.29 is 9.47 Å². The molecule has 0 amide bonds. The Morgan fingerprint density at radius 2 is 1.59 bits per heavy atom. The molecule has 3 aromatic rings. The van der Waals surface area contributed by atoms with E-state index in [4.69, 9.17) is 9.47 Å².